The van der Waals surface area contributed by atoms with E-state index in [1.807, 2.05) is 0 Å². The lowest BCUT2D eigenvalue weighted by molar-refractivity contribution is -0.153. The molecule has 10 heteroatoms. The Morgan fingerprint density at radius 1 is 1.35 bits per heavy atom. The molecule has 2 aromatic rings. The standard InChI is InChI=1S/C13H13F3N4O2S/c14-13(15,16)10-2-1-9(22-10)11(21)18-8-3-5-20(6-4-8)12-19-17-7-23-12/h1-2,7-8H,3-6H2,(H,18,21). The third-order valence-electron chi connectivity index (χ3n) is 3.56. The summed E-state index contributed by atoms with van der Waals surface area (Å²) in [5, 5.41) is 11.3. The lowest BCUT2D eigenvalue weighted by Crippen LogP contribution is -2.44. The van der Waals surface area contributed by atoms with Gasteiger partial charge in [0, 0.05) is 19.1 Å². The van der Waals surface area contributed by atoms with Crippen LogP contribution in [-0.2, 0) is 6.18 Å². The first-order chi connectivity index (χ1) is 10.9. The van der Waals surface area contributed by atoms with Crippen molar-refractivity contribution in [3.05, 3.63) is 29.2 Å². The molecule has 3 rings (SSSR count). The molecule has 2 aromatic heterocycles. The number of aromatic nitrogens is 2. The van der Waals surface area contributed by atoms with Gasteiger partial charge in [0.2, 0.25) is 10.9 Å². The molecular weight excluding hydrogens is 333 g/mol. The average Bonchev–Trinajstić information content (AvgIpc) is 3.19. The fourth-order valence-corrected chi connectivity index (χ4v) is 3.00. The smallest absolute Gasteiger partial charge is 0.446 e. The highest BCUT2D eigenvalue weighted by molar-refractivity contribution is 7.13. The maximum atomic E-state index is 12.5. The van der Waals surface area contributed by atoms with Crippen LogP contribution < -0.4 is 10.2 Å². The van der Waals surface area contributed by atoms with E-state index in [0.717, 1.165) is 17.3 Å². The molecule has 1 aliphatic rings. The predicted molar refractivity (Wildman–Crippen MR) is 76.3 cm³/mol. The summed E-state index contributed by atoms with van der Waals surface area (Å²) in [5.74, 6) is -2.13. The molecule has 0 bridgehead atoms. The van der Waals surface area contributed by atoms with Crippen LogP contribution in [0.5, 0.6) is 0 Å². The van der Waals surface area contributed by atoms with E-state index in [4.69, 9.17) is 0 Å². The van der Waals surface area contributed by atoms with Gasteiger partial charge in [0.25, 0.3) is 5.91 Å². The Balaban J connectivity index is 1.54. The van der Waals surface area contributed by atoms with Crippen molar-refractivity contribution in [3.63, 3.8) is 0 Å². The zero-order valence-corrected chi connectivity index (χ0v) is 12.7. The number of furan rings is 1. The second-order valence-electron chi connectivity index (χ2n) is 5.12. The van der Waals surface area contributed by atoms with E-state index in [0.29, 0.717) is 25.9 Å². The first kappa shape index (κ1) is 15.8. The van der Waals surface area contributed by atoms with Gasteiger partial charge in [0.1, 0.15) is 5.51 Å². The molecule has 1 aliphatic heterocycles. The van der Waals surface area contributed by atoms with Crippen LogP contribution in [0.2, 0.25) is 0 Å². The van der Waals surface area contributed by atoms with Gasteiger partial charge < -0.3 is 14.6 Å². The van der Waals surface area contributed by atoms with Crippen molar-refractivity contribution < 1.29 is 22.4 Å². The Bertz CT molecular complexity index is 663. The molecule has 1 amide bonds. The molecule has 23 heavy (non-hydrogen) atoms. The van der Waals surface area contributed by atoms with Crippen molar-refractivity contribution in [2.75, 3.05) is 18.0 Å². The van der Waals surface area contributed by atoms with E-state index < -0.39 is 17.8 Å². The minimum Gasteiger partial charge on any atom is -0.446 e. The van der Waals surface area contributed by atoms with Crippen molar-refractivity contribution >= 4 is 22.4 Å². The van der Waals surface area contributed by atoms with E-state index in [2.05, 4.69) is 24.8 Å². The van der Waals surface area contributed by atoms with Gasteiger partial charge in [0.05, 0.1) is 0 Å². The lowest BCUT2D eigenvalue weighted by atomic mass is 10.1. The summed E-state index contributed by atoms with van der Waals surface area (Å²) in [5.41, 5.74) is 1.65. The number of nitrogens with one attached hydrogen (secondary N) is 1. The first-order valence-corrected chi connectivity index (χ1v) is 7.80. The van der Waals surface area contributed by atoms with Gasteiger partial charge >= 0.3 is 6.18 Å². The summed E-state index contributed by atoms with van der Waals surface area (Å²) in [6, 6.07) is 1.69. The summed E-state index contributed by atoms with van der Waals surface area (Å²) < 4.78 is 41.9. The third-order valence-corrected chi connectivity index (χ3v) is 4.31. The maximum absolute atomic E-state index is 12.5. The molecular formula is C13H13F3N4O2S. The van der Waals surface area contributed by atoms with Crippen LogP contribution in [0, 0.1) is 0 Å². The van der Waals surface area contributed by atoms with Crippen molar-refractivity contribution in [1.29, 1.82) is 0 Å². The van der Waals surface area contributed by atoms with Gasteiger partial charge in [-0.1, -0.05) is 11.3 Å². The summed E-state index contributed by atoms with van der Waals surface area (Å²) in [4.78, 5) is 14.0. The number of carbonyl (C=O) groups excluding carboxylic acids is 1. The third kappa shape index (κ3) is 3.63. The maximum Gasteiger partial charge on any atom is 0.449 e. The minimum absolute atomic E-state index is 0.105. The number of anilines is 1. The van der Waals surface area contributed by atoms with E-state index in [9.17, 15) is 18.0 Å². The number of nitrogens with zero attached hydrogens (tertiary/aromatic N) is 3. The van der Waals surface area contributed by atoms with Gasteiger partial charge in [-0.25, -0.2) is 0 Å². The highest BCUT2D eigenvalue weighted by Gasteiger charge is 2.35. The van der Waals surface area contributed by atoms with E-state index in [1.54, 1.807) is 5.51 Å². The minimum atomic E-state index is -4.59. The van der Waals surface area contributed by atoms with Gasteiger partial charge in [-0.3, -0.25) is 4.79 Å². The SMILES string of the molecule is O=C(NC1CCN(c2nncs2)CC1)c1ccc(C(F)(F)F)o1. The van der Waals surface area contributed by atoms with Crippen molar-refractivity contribution in [3.8, 4) is 0 Å². The number of rotatable bonds is 3. The summed E-state index contributed by atoms with van der Waals surface area (Å²) in [6.07, 6.45) is -3.23. The predicted octanol–water partition coefficient (Wildman–Crippen LogP) is 2.55. The van der Waals surface area contributed by atoms with Gasteiger partial charge in [0.15, 0.2) is 5.76 Å². The summed E-state index contributed by atoms with van der Waals surface area (Å²) >= 11 is 1.44. The highest BCUT2D eigenvalue weighted by Crippen LogP contribution is 2.30. The van der Waals surface area contributed by atoms with Crippen LogP contribution in [0.25, 0.3) is 0 Å². The van der Waals surface area contributed by atoms with Crippen molar-refractivity contribution in [2.24, 2.45) is 0 Å². The van der Waals surface area contributed by atoms with Crippen LogP contribution in [0.4, 0.5) is 18.3 Å². The van der Waals surface area contributed by atoms with Crippen LogP contribution in [0.3, 0.4) is 0 Å². The number of halogens is 3. The van der Waals surface area contributed by atoms with Crippen LogP contribution in [0.15, 0.2) is 22.1 Å². The van der Waals surface area contributed by atoms with E-state index >= 15 is 0 Å². The van der Waals surface area contributed by atoms with Crippen LogP contribution in [-0.4, -0.2) is 35.2 Å². The molecule has 0 spiro atoms. The molecule has 0 saturated carbocycles. The van der Waals surface area contributed by atoms with Crippen molar-refractivity contribution in [2.45, 2.75) is 25.1 Å². The Morgan fingerprint density at radius 2 is 2.09 bits per heavy atom. The van der Waals surface area contributed by atoms with Gasteiger partial charge in [-0.05, 0) is 25.0 Å². The first-order valence-electron chi connectivity index (χ1n) is 6.92. The molecule has 0 atom stereocenters. The molecule has 3 heterocycles. The molecule has 1 saturated heterocycles. The highest BCUT2D eigenvalue weighted by atomic mass is 32.1. The Kier molecular flexibility index (Phi) is 4.24. The Morgan fingerprint density at radius 3 is 2.65 bits per heavy atom. The number of hydrogen-bond donors (Lipinski definition) is 1. The number of carbonyl (C=O) groups is 1. The lowest BCUT2D eigenvalue weighted by Gasteiger charge is -2.31. The Hall–Kier alpha value is -2.10. The number of alkyl halides is 3. The largest absolute Gasteiger partial charge is 0.449 e. The quantitative estimate of drug-likeness (QED) is 0.925. The summed E-state index contributed by atoms with van der Waals surface area (Å²) in [7, 11) is 0. The average molecular weight is 346 g/mol. The zero-order chi connectivity index (χ0) is 16.4. The van der Waals surface area contributed by atoms with Gasteiger partial charge in [-0.15, -0.1) is 10.2 Å². The number of piperidine rings is 1. The van der Waals surface area contributed by atoms with Crippen LogP contribution >= 0.6 is 11.3 Å². The molecule has 1 N–H and O–H groups in total. The topological polar surface area (TPSA) is 71.3 Å². The van der Waals surface area contributed by atoms with E-state index in [1.165, 1.54) is 11.3 Å². The second-order valence-corrected chi connectivity index (χ2v) is 5.93. The second kappa shape index (κ2) is 6.19. The monoisotopic (exact) mass is 346 g/mol. The van der Waals surface area contributed by atoms with E-state index in [-0.39, 0.29) is 11.8 Å². The molecule has 0 radical (unpaired) electrons. The van der Waals surface area contributed by atoms with Gasteiger partial charge in [-0.2, -0.15) is 13.2 Å². The molecule has 0 unspecified atom stereocenters. The Labute approximate surface area is 133 Å². The molecule has 0 aromatic carbocycles. The number of amides is 1. The molecule has 1 fully saturated rings. The summed E-state index contributed by atoms with van der Waals surface area (Å²) in [6.45, 7) is 1.40. The fourth-order valence-electron chi connectivity index (χ4n) is 2.39. The molecule has 6 nitrogen and oxygen atoms in total. The van der Waals surface area contributed by atoms with Crippen molar-refractivity contribution in [1.82, 2.24) is 15.5 Å². The normalized spacial score (nSPS) is 16.6. The molecule has 124 valence electrons. The zero-order valence-electron chi connectivity index (χ0n) is 11.8. The number of hydrogen-bond acceptors (Lipinski definition) is 6. The fraction of sp³-hybridized carbons (Fsp3) is 0.462. The molecule has 0 aliphatic carbocycles. The van der Waals surface area contributed by atoms with Crippen LogP contribution in [0.1, 0.15) is 29.2 Å².